The maximum Gasteiger partial charge on any atom is 0.244 e. The number of amides is 3. The highest BCUT2D eigenvalue weighted by Gasteiger charge is 2.18. The molecule has 0 fully saturated rings. The van der Waals surface area contributed by atoms with Gasteiger partial charge in [0.2, 0.25) is 17.7 Å². The van der Waals surface area contributed by atoms with E-state index in [2.05, 4.69) is 10.6 Å². The number of rotatable bonds is 5. The van der Waals surface area contributed by atoms with Gasteiger partial charge in [0.15, 0.2) is 0 Å². The van der Waals surface area contributed by atoms with Gasteiger partial charge < -0.3 is 15.5 Å². The van der Waals surface area contributed by atoms with E-state index >= 15 is 0 Å². The van der Waals surface area contributed by atoms with Crippen LogP contribution in [0.2, 0.25) is 0 Å². The standard InChI is InChI=1S/C20H23N3O3/c1-13-5-6-14(2)19(11-13)23(16(4)25)12-20(26)22-18-9-7-17(8-10-18)21-15(3)24/h5-11H,12H2,1-4H3,(H,21,24)(H,22,26). The fraction of sp³-hybridized carbons (Fsp3) is 0.250. The summed E-state index contributed by atoms with van der Waals surface area (Å²) in [6, 6.07) is 12.6. The normalized spacial score (nSPS) is 10.2. The van der Waals surface area contributed by atoms with Gasteiger partial charge in [-0.2, -0.15) is 0 Å². The van der Waals surface area contributed by atoms with Crippen LogP contribution in [0.4, 0.5) is 17.1 Å². The van der Waals surface area contributed by atoms with E-state index in [1.807, 2.05) is 32.0 Å². The molecule has 0 bridgehead atoms. The molecule has 0 atom stereocenters. The molecule has 2 aromatic carbocycles. The number of hydrogen-bond donors (Lipinski definition) is 2. The van der Waals surface area contributed by atoms with E-state index in [1.165, 1.54) is 18.7 Å². The molecule has 0 spiro atoms. The van der Waals surface area contributed by atoms with Crippen LogP contribution in [0.5, 0.6) is 0 Å². The highest BCUT2D eigenvalue weighted by Crippen LogP contribution is 2.22. The van der Waals surface area contributed by atoms with Gasteiger partial charge in [0.25, 0.3) is 0 Å². The first-order valence-electron chi connectivity index (χ1n) is 8.29. The predicted octanol–water partition coefficient (Wildman–Crippen LogP) is 3.25. The molecule has 0 aromatic heterocycles. The summed E-state index contributed by atoms with van der Waals surface area (Å²) < 4.78 is 0. The van der Waals surface area contributed by atoms with Gasteiger partial charge in [0.05, 0.1) is 0 Å². The fourth-order valence-electron chi connectivity index (χ4n) is 2.56. The molecule has 0 saturated carbocycles. The zero-order valence-electron chi connectivity index (χ0n) is 15.4. The summed E-state index contributed by atoms with van der Waals surface area (Å²) in [4.78, 5) is 36.9. The van der Waals surface area contributed by atoms with E-state index in [0.29, 0.717) is 11.4 Å². The van der Waals surface area contributed by atoms with Crippen molar-refractivity contribution >= 4 is 34.8 Å². The van der Waals surface area contributed by atoms with Gasteiger partial charge in [-0.25, -0.2) is 0 Å². The van der Waals surface area contributed by atoms with Crippen LogP contribution < -0.4 is 15.5 Å². The van der Waals surface area contributed by atoms with E-state index in [9.17, 15) is 14.4 Å². The van der Waals surface area contributed by atoms with E-state index in [-0.39, 0.29) is 24.3 Å². The van der Waals surface area contributed by atoms with Crippen LogP contribution in [0.1, 0.15) is 25.0 Å². The van der Waals surface area contributed by atoms with E-state index in [0.717, 1.165) is 16.8 Å². The molecule has 0 unspecified atom stereocenters. The Morgan fingerprint density at radius 2 is 1.46 bits per heavy atom. The van der Waals surface area contributed by atoms with Crippen LogP contribution in [-0.4, -0.2) is 24.3 Å². The van der Waals surface area contributed by atoms with Gasteiger partial charge in [0, 0.05) is 30.9 Å². The molecule has 26 heavy (non-hydrogen) atoms. The average Bonchev–Trinajstić information content (AvgIpc) is 2.56. The van der Waals surface area contributed by atoms with Gasteiger partial charge in [-0.15, -0.1) is 0 Å². The van der Waals surface area contributed by atoms with Crippen molar-refractivity contribution in [3.8, 4) is 0 Å². The molecule has 0 heterocycles. The summed E-state index contributed by atoms with van der Waals surface area (Å²) >= 11 is 0. The van der Waals surface area contributed by atoms with E-state index in [4.69, 9.17) is 0 Å². The van der Waals surface area contributed by atoms with Crippen LogP contribution in [0, 0.1) is 13.8 Å². The van der Waals surface area contributed by atoms with Crippen molar-refractivity contribution in [3.05, 3.63) is 53.6 Å². The van der Waals surface area contributed by atoms with Crippen molar-refractivity contribution in [1.82, 2.24) is 0 Å². The van der Waals surface area contributed by atoms with Crippen LogP contribution in [0.25, 0.3) is 0 Å². The second-order valence-electron chi connectivity index (χ2n) is 6.20. The summed E-state index contributed by atoms with van der Waals surface area (Å²) in [6.07, 6.45) is 0. The number of carbonyl (C=O) groups is 3. The minimum atomic E-state index is -0.298. The first-order chi connectivity index (χ1) is 12.3. The van der Waals surface area contributed by atoms with Crippen LogP contribution in [-0.2, 0) is 14.4 Å². The minimum absolute atomic E-state index is 0.0763. The van der Waals surface area contributed by atoms with Gasteiger partial charge in [-0.3, -0.25) is 14.4 Å². The average molecular weight is 353 g/mol. The lowest BCUT2D eigenvalue weighted by Gasteiger charge is -2.23. The van der Waals surface area contributed by atoms with Crippen molar-refractivity contribution in [3.63, 3.8) is 0 Å². The molecule has 0 aliphatic carbocycles. The third-order valence-corrected chi connectivity index (χ3v) is 3.83. The third-order valence-electron chi connectivity index (χ3n) is 3.83. The number of aryl methyl sites for hydroxylation is 2. The zero-order valence-corrected chi connectivity index (χ0v) is 15.4. The van der Waals surface area contributed by atoms with Crippen molar-refractivity contribution in [2.45, 2.75) is 27.7 Å². The molecule has 0 radical (unpaired) electrons. The summed E-state index contributed by atoms with van der Waals surface area (Å²) in [7, 11) is 0. The lowest BCUT2D eigenvalue weighted by atomic mass is 10.1. The number of nitrogens with zero attached hydrogens (tertiary/aromatic N) is 1. The van der Waals surface area contributed by atoms with Crippen molar-refractivity contribution < 1.29 is 14.4 Å². The lowest BCUT2D eigenvalue weighted by molar-refractivity contribution is -0.120. The highest BCUT2D eigenvalue weighted by molar-refractivity contribution is 6.02. The molecule has 2 aromatic rings. The van der Waals surface area contributed by atoms with Crippen molar-refractivity contribution in [1.29, 1.82) is 0 Å². The lowest BCUT2D eigenvalue weighted by Crippen LogP contribution is -2.37. The Kier molecular flexibility index (Phi) is 6.11. The van der Waals surface area contributed by atoms with Crippen LogP contribution in [0.15, 0.2) is 42.5 Å². The monoisotopic (exact) mass is 353 g/mol. The summed E-state index contributed by atoms with van der Waals surface area (Å²) in [6.45, 7) is 6.64. The number of benzene rings is 2. The molecule has 2 rings (SSSR count). The molecule has 0 saturated heterocycles. The Labute approximate surface area is 153 Å². The van der Waals surface area contributed by atoms with Gasteiger partial charge >= 0.3 is 0 Å². The summed E-state index contributed by atoms with van der Waals surface area (Å²) in [5.74, 6) is -0.657. The Balaban J connectivity index is 2.09. The first kappa shape index (κ1) is 19.2. The molecule has 6 nitrogen and oxygen atoms in total. The molecule has 136 valence electrons. The topological polar surface area (TPSA) is 78.5 Å². The molecule has 3 amide bonds. The Hall–Kier alpha value is -3.15. The largest absolute Gasteiger partial charge is 0.326 e. The Bertz CT molecular complexity index is 829. The predicted molar refractivity (Wildman–Crippen MR) is 103 cm³/mol. The molecule has 0 aliphatic rings. The van der Waals surface area contributed by atoms with Crippen molar-refractivity contribution in [2.75, 3.05) is 22.1 Å². The smallest absolute Gasteiger partial charge is 0.244 e. The zero-order chi connectivity index (χ0) is 19.3. The molecule has 6 heteroatoms. The Morgan fingerprint density at radius 3 is 2.00 bits per heavy atom. The summed E-state index contributed by atoms with van der Waals surface area (Å²) in [5.41, 5.74) is 3.92. The maximum absolute atomic E-state index is 12.4. The number of hydrogen-bond acceptors (Lipinski definition) is 3. The van der Waals surface area contributed by atoms with Crippen molar-refractivity contribution in [2.24, 2.45) is 0 Å². The number of carbonyl (C=O) groups excluding carboxylic acids is 3. The van der Waals surface area contributed by atoms with Gasteiger partial charge in [-0.1, -0.05) is 12.1 Å². The summed E-state index contributed by atoms with van der Waals surface area (Å²) in [5, 5.41) is 5.43. The fourth-order valence-corrected chi connectivity index (χ4v) is 2.56. The number of anilines is 3. The van der Waals surface area contributed by atoms with Crippen LogP contribution >= 0.6 is 0 Å². The highest BCUT2D eigenvalue weighted by atomic mass is 16.2. The minimum Gasteiger partial charge on any atom is -0.326 e. The molecule has 2 N–H and O–H groups in total. The number of nitrogens with one attached hydrogen (secondary N) is 2. The second kappa shape index (κ2) is 8.29. The van der Waals surface area contributed by atoms with E-state index in [1.54, 1.807) is 24.3 Å². The molecular weight excluding hydrogens is 330 g/mol. The van der Waals surface area contributed by atoms with Gasteiger partial charge in [-0.05, 0) is 55.3 Å². The SMILES string of the molecule is CC(=O)Nc1ccc(NC(=O)CN(C(C)=O)c2cc(C)ccc2C)cc1. The second-order valence-corrected chi connectivity index (χ2v) is 6.20. The quantitative estimate of drug-likeness (QED) is 0.866. The Morgan fingerprint density at radius 1 is 0.885 bits per heavy atom. The van der Waals surface area contributed by atoms with Gasteiger partial charge in [0.1, 0.15) is 6.54 Å². The van der Waals surface area contributed by atoms with Crippen LogP contribution in [0.3, 0.4) is 0 Å². The molecule has 0 aliphatic heterocycles. The first-order valence-corrected chi connectivity index (χ1v) is 8.29. The maximum atomic E-state index is 12.4. The third kappa shape index (κ3) is 5.17. The van der Waals surface area contributed by atoms with E-state index < -0.39 is 0 Å². The molecular formula is C20H23N3O3.